The summed E-state index contributed by atoms with van der Waals surface area (Å²) >= 11 is 0. The highest BCUT2D eigenvalue weighted by molar-refractivity contribution is 6.15. The summed E-state index contributed by atoms with van der Waals surface area (Å²) in [7, 11) is 1.65. The van der Waals surface area contributed by atoms with Crippen LogP contribution in [-0.2, 0) is 6.54 Å². The zero-order valence-electron chi connectivity index (χ0n) is 15.6. The number of methoxy groups -OCH3 is 1. The average Bonchev–Trinajstić information content (AvgIpc) is 3.19. The Labute approximate surface area is 157 Å². The van der Waals surface area contributed by atoms with Crippen molar-refractivity contribution in [1.29, 1.82) is 0 Å². The zero-order valence-corrected chi connectivity index (χ0v) is 15.6. The molecule has 1 aliphatic rings. The maximum atomic E-state index is 12.7. The minimum Gasteiger partial charge on any atom is -0.497 e. The number of hydrogen-bond acceptors (Lipinski definition) is 4. The van der Waals surface area contributed by atoms with Crippen LogP contribution in [0.15, 0.2) is 48.4 Å². The van der Waals surface area contributed by atoms with E-state index >= 15 is 0 Å². The monoisotopic (exact) mass is 363 g/mol. The number of aromatic nitrogens is 1. The average molecular weight is 363 g/mol. The number of carbonyl (C=O) groups is 1. The van der Waals surface area contributed by atoms with Gasteiger partial charge in [0, 0.05) is 35.3 Å². The highest BCUT2D eigenvalue weighted by atomic mass is 16.5. The lowest BCUT2D eigenvalue weighted by Gasteiger charge is -2.04. The standard InChI is InChI=1S/C22H21NO4/c1-4-23-13-14(18-11-15(25-3)7-9-19(18)23)10-21-22(24)17-8-6-16(26-5-2)12-20(17)27-21/h6-13H,4-5H2,1-3H3. The third kappa shape index (κ3) is 2.95. The van der Waals surface area contributed by atoms with Gasteiger partial charge in [-0.15, -0.1) is 0 Å². The van der Waals surface area contributed by atoms with Gasteiger partial charge in [0.1, 0.15) is 17.2 Å². The first-order chi connectivity index (χ1) is 13.1. The fraction of sp³-hybridized carbons (Fsp3) is 0.227. The summed E-state index contributed by atoms with van der Waals surface area (Å²) < 4.78 is 18.8. The van der Waals surface area contributed by atoms with Crippen molar-refractivity contribution in [1.82, 2.24) is 4.57 Å². The molecule has 138 valence electrons. The van der Waals surface area contributed by atoms with Crippen LogP contribution >= 0.6 is 0 Å². The van der Waals surface area contributed by atoms with Gasteiger partial charge < -0.3 is 18.8 Å². The molecule has 0 fully saturated rings. The van der Waals surface area contributed by atoms with Crippen LogP contribution in [0.5, 0.6) is 17.2 Å². The van der Waals surface area contributed by atoms with Gasteiger partial charge in [-0.2, -0.15) is 0 Å². The lowest BCUT2D eigenvalue weighted by atomic mass is 10.1. The van der Waals surface area contributed by atoms with Crippen LogP contribution in [-0.4, -0.2) is 24.1 Å². The minimum absolute atomic E-state index is 0.117. The summed E-state index contributed by atoms with van der Waals surface area (Å²) in [5.41, 5.74) is 2.57. The molecular weight excluding hydrogens is 342 g/mol. The van der Waals surface area contributed by atoms with E-state index in [1.54, 1.807) is 31.4 Å². The first-order valence-corrected chi connectivity index (χ1v) is 9.02. The van der Waals surface area contributed by atoms with Crippen LogP contribution in [0.3, 0.4) is 0 Å². The smallest absolute Gasteiger partial charge is 0.231 e. The van der Waals surface area contributed by atoms with Gasteiger partial charge in [0.15, 0.2) is 5.76 Å². The maximum Gasteiger partial charge on any atom is 0.231 e. The summed E-state index contributed by atoms with van der Waals surface area (Å²) in [6.07, 6.45) is 3.83. The van der Waals surface area contributed by atoms with Crippen molar-refractivity contribution in [3.05, 3.63) is 59.5 Å². The summed E-state index contributed by atoms with van der Waals surface area (Å²) in [6.45, 7) is 5.40. The number of allylic oxidation sites excluding steroid dienone is 1. The van der Waals surface area contributed by atoms with Gasteiger partial charge in [0.25, 0.3) is 0 Å². The summed E-state index contributed by atoms with van der Waals surface area (Å²) in [5.74, 6) is 2.20. The highest BCUT2D eigenvalue weighted by Crippen LogP contribution is 2.36. The van der Waals surface area contributed by atoms with E-state index < -0.39 is 0 Å². The Bertz CT molecular complexity index is 1060. The summed E-state index contributed by atoms with van der Waals surface area (Å²) in [5, 5.41) is 1.02. The van der Waals surface area contributed by atoms with Crippen LogP contribution in [0.1, 0.15) is 29.8 Å². The Hall–Kier alpha value is -3.21. The molecule has 2 aromatic carbocycles. The number of nitrogens with zero attached hydrogens (tertiary/aromatic N) is 1. The normalized spacial score (nSPS) is 14.5. The molecule has 0 unspecified atom stereocenters. The van der Waals surface area contributed by atoms with Crippen molar-refractivity contribution in [2.24, 2.45) is 0 Å². The second kappa shape index (κ2) is 6.83. The van der Waals surface area contributed by atoms with Crippen molar-refractivity contribution < 1.29 is 19.0 Å². The summed E-state index contributed by atoms with van der Waals surface area (Å²) in [6, 6.07) is 11.2. The van der Waals surface area contributed by atoms with Crippen molar-refractivity contribution in [3.63, 3.8) is 0 Å². The number of aryl methyl sites for hydroxylation is 1. The maximum absolute atomic E-state index is 12.7. The van der Waals surface area contributed by atoms with Crippen molar-refractivity contribution >= 4 is 22.8 Å². The third-order valence-electron chi connectivity index (χ3n) is 4.70. The molecule has 2 heterocycles. The van der Waals surface area contributed by atoms with Gasteiger partial charge in [-0.3, -0.25) is 4.79 Å². The second-order valence-electron chi connectivity index (χ2n) is 6.28. The van der Waals surface area contributed by atoms with Crippen LogP contribution < -0.4 is 14.2 Å². The molecule has 1 aliphatic heterocycles. The fourth-order valence-corrected chi connectivity index (χ4v) is 3.37. The van der Waals surface area contributed by atoms with Crippen molar-refractivity contribution in [2.75, 3.05) is 13.7 Å². The van der Waals surface area contributed by atoms with Gasteiger partial charge in [0.2, 0.25) is 5.78 Å². The van der Waals surface area contributed by atoms with Gasteiger partial charge in [-0.1, -0.05) is 0 Å². The predicted octanol–water partition coefficient (Wildman–Crippen LogP) is 4.68. The van der Waals surface area contributed by atoms with E-state index in [1.165, 1.54) is 0 Å². The van der Waals surface area contributed by atoms with Gasteiger partial charge in [-0.25, -0.2) is 0 Å². The molecular formula is C22H21NO4. The Morgan fingerprint density at radius 3 is 2.67 bits per heavy atom. The number of fused-ring (bicyclic) bond motifs is 2. The molecule has 0 spiro atoms. The number of benzene rings is 2. The molecule has 0 aliphatic carbocycles. The second-order valence-corrected chi connectivity index (χ2v) is 6.28. The highest BCUT2D eigenvalue weighted by Gasteiger charge is 2.28. The Morgan fingerprint density at radius 1 is 1.11 bits per heavy atom. The lowest BCUT2D eigenvalue weighted by Crippen LogP contribution is -1.97. The van der Waals surface area contributed by atoms with Gasteiger partial charge in [0.05, 0.1) is 19.3 Å². The van der Waals surface area contributed by atoms with Crippen LogP contribution in [0.25, 0.3) is 17.0 Å². The molecule has 0 saturated heterocycles. The quantitative estimate of drug-likeness (QED) is 0.617. The molecule has 0 radical (unpaired) electrons. The van der Waals surface area contributed by atoms with E-state index in [9.17, 15) is 4.79 Å². The first kappa shape index (κ1) is 17.2. The predicted molar refractivity (Wildman–Crippen MR) is 105 cm³/mol. The van der Waals surface area contributed by atoms with Crippen LogP contribution in [0.4, 0.5) is 0 Å². The Morgan fingerprint density at radius 2 is 1.93 bits per heavy atom. The molecule has 0 atom stereocenters. The molecule has 5 nitrogen and oxygen atoms in total. The molecule has 1 aromatic heterocycles. The van der Waals surface area contributed by atoms with Gasteiger partial charge >= 0.3 is 0 Å². The van der Waals surface area contributed by atoms with E-state index in [0.717, 1.165) is 28.8 Å². The number of rotatable bonds is 5. The number of ether oxygens (including phenoxy) is 3. The number of Topliss-reactive ketones (excluding diaryl/α,β-unsaturated/α-hetero) is 1. The molecule has 0 amide bonds. The van der Waals surface area contributed by atoms with Crippen LogP contribution in [0, 0.1) is 0 Å². The SMILES string of the molecule is CCOc1ccc2c(c1)OC(=Cc1cn(CC)c3ccc(OC)cc13)C2=O. The van der Waals surface area contributed by atoms with Crippen molar-refractivity contribution in [3.8, 4) is 17.2 Å². The molecule has 0 saturated carbocycles. The number of hydrogen-bond donors (Lipinski definition) is 0. The lowest BCUT2D eigenvalue weighted by molar-refractivity contribution is 0.101. The molecule has 4 rings (SSSR count). The third-order valence-corrected chi connectivity index (χ3v) is 4.70. The molecule has 27 heavy (non-hydrogen) atoms. The van der Waals surface area contributed by atoms with Gasteiger partial charge in [-0.05, 0) is 50.3 Å². The van der Waals surface area contributed by atoms with Crippen LogP contribution in [0.2, 0.25) is 0 Å². The van der Waals surface area contributed by atoms with E-state index in [2.05, 4.69) is 11.5 Å². The zero-order chi connectivity index (χ0) is 19.0. The Kier molecular flexibility index (Phi) is 4.36. The minimum atomic E-state index is -0.117. The molecule has 3 aromatic rings. The molecule has 0 N–H and O–H groups in total. The fourth-order valence-electron chi connectivity index (χ4n) is 3.37. The largest absolute Gasteiger partial charge is 0.497 e. The first-order valence-electron chi connectivity index (χ1n) is 9.02. The Balaban J connectivity index is 1.76. The topological polar surface area (TPSA) is 49.7 Å². The number of carbonyl (C=O) groups excluding carboxylic acids is 1. The molecule has 5 heteroatoms. The van der Waals surface area contributed by atoms with E-state index in [1.807, 2.05) is 31.3 Å². The van der Waals surface area contributed by atoms with E-state index in [-0.39, 0.29) is 5.78 Å². The molecule has 0 bridgehead atoms. The van der Waals surface area contributed by atoms with E-state index in [4.69, 9.17) is 14.2 Å². The summed E-state index contributed by atoms with van der Waals surface area (Å²) in [4.78, 5) is 12.7. The van der Waals surface area contributed by atoms with Crippen molar-refractivity contribution in [2.45, 2.75) is 20.4 Å². The van der Waals surface area contributed by atoms with E-state index in [0.29, 0.717) is 29.4 Å². The number of ketones is 1.